The number of amides is 1. The Morgan fingerprint density at radius 2 is 1.58 bits per heavy atom. The lowest BCUT2D eigenvalue weighted by Crippen LogP contribution is -2.29. The topological polar surface area (TPSA) is 59.6 Å². The highest BCUT2D eigenvalue weighted by atomic mass is 16.5. The van der Waals surface area contributed by atoms with Crippen molar-refractivity contribution in [3.05, 3.63) is 0 Å². The van der Waals surface area contributed by atoms with Crippen LogP contribution in [-0.4, -0.2) is 51.5 Å². The van der Waals surface area contributed by atoms with Crippen LogP contribution >= 0.6 is 0 Å². The molecule has 0 aromatic heterocycles. The van der Waals surface area contributed by atoms with Gasteiger partial charge in [0.05, 0.1) is 26.4 Å². The zero-order valence-electron chi connectivity index (χ0n) is 12.8. The summed E-state index contributed by atoms with van der Waals surface area (Å²) in [5, 5.41) is 6.09. The van der Waals surface area contributed by atoms with Crippen LogP contribution in [0.5, 0.6) is 0 Å². The van der Waals surface area contributed by atoms with Gasteiger partial charge in [-0.3, -0.25) is 4.79 Å². The van der Waals surface area contributed by atoms with E-state index < -0.39 is 0 Å². The fraction of sp³-hybridized carbons (Fsp3) is 0.929. The molecule has 0 aromatic carbocycles. The standard InChI is InChI=1S/C14H30N2O3.2H2/c1-12(2)11-14(17)16-6-8-19-10-9-18-7-5-15-13(3)4;;/h12-13,15H,5-11H2,1-4H3,(H,16,17);2*1H. The number of carbonyl (C=O) groups excluding carboxylic acids is 1. The summed E-state index contributed by atoms with van der Waals surface area (Å²) < 4.78 is 10.7. The summed E-state index contributed by atoms with van der Waals surface area (Å²) in [6, 6.07) is 0.495. The number of rotatable bonds is 12. The first-order valence-electron chi connectivity index (χ1n) is 7.18. The molecule has 0 aliphatic carbocycles. The predicted octanol–water partition coefficient (Wildman–Crippen LogP) is 1.67. The summed E-state index contributed by atoms with van der Waals surface area (Å²) in [5.41, 5.74) is 0. The van der Waals surface area contributed by atoms with Crippen molar-refractivity contribution in [2.45, 2.75) is 40.2 Å². The highest BCUT2D eigenvalue weighted by Gasteiger charge is 2.03. The molecule has 0 atom stereocenters. The maximum absolute atomic E-state index is 11.3. The first kappa shape index (κ1) is 18.4. The van der Waals surface area contributed by atoms with Gasteiger partial charge in [0.25, 0.3) is 0 Å². The van der Waals surface area contributed by atoms with Crippen molar-refractivity contribution in [3.8, 4) is 0 Å². The van der Waals surface area contributed by atoms with Gasteiger partial charge < -0.3 is 20.1 Å². The molecule has 1 amide bonds. The van der Waals surface area contributed by atoms with Crippen molar-refractivity contribution in [1.29, 1.82) is 0 Å². The lowest BCUT2D eigenvalue weighted by molar-refractivity contribution is -0.122. The normalized spacial score (nSPS) is 11.3. The lowest BCUT2D eigenvalue weighted by Gasteiger charge is -2.09. The third-order valence-corrected chi connectivity index (χ3v) is 2.33. The van der Waals surface area contributed by atoms with Gasteiger partial charge in [-0.25, -0.2) is 0 Å². The van der Waals surface area contributed by atoms with Gasteiger partial charge >= 0.3 is 0 Å². The summed E-state index contributed by atoms with van der Waals surface area (Å²) in [6.07, 6.45) is 0.575. The number of hydrogen-bond donors (Lipinski definition) is 2. The third-order valence-electron chi connectivity index (χ3n) is 2.33. The molecule has 5 heteroatoms. The predicted molar refractivity (Wildman–Crippen MR) is 81.5 cm³/mol. The van der Waals surface area contributed by atoms with E-state index in [-0.39, 0.29) is 8.76 Å². The van der Waals surface area contributed by atoms with Crippen molar-refractivity contribution < 1.29 is 17.1 Å². The molecule has 0 unspecified atom stereocenters. The van der Waals surface area contributed by atoms with E-state index in [0.29, 0.717) is 51.4 Å². The molecule has 0 bridgehead atoms. The van der Waals surface area contributed by atoms with E-state index in [4.69, 9.17) is 9.47 Å². The molecule has 118 valence electrons. The molecule has 0 aliphatic heterocycles. The highest BCUT2D eigenvalue weighted by molar-refractivity contribution is 5.75. The average molecular weight is 278 g/mol. The molecule has 0 fully saturated rings. The minimum absolute atomic E-state index is 0. The fourth-order valence-corrected chi connectivity index (χ4v) is 1.45. The second kappa shape index (κ2) is 12.4. The van der Waals surface area contributed by atoms with Crippen LogP contribution < -0.4 is 10.6 Å². The fourth-order valence-electron chi connectivity index (χ4n) is 1.45. The van der Waals surface area contributed by atoms with E-state index >= 15 is 0 Å². The molecule has 0 radical (unpaired) electrons. The minimum Gasteiger partial charge on any atom is -0.378 e. The van der Waals surface area contributed by atoms with Crippen molar-refractivity contribution >= 4 is 5.91 Å². The van der Waals surface area contributed by atoms with E-state index in [2.05, 4.69) is 24.5 Å². The molecule has 2 N–H and O–H groups in total. The Morgan fingerprint density at radius 1 is 1.00 bits per heavy atom. The second-order valence-electron chi connectivity index (χ2n) is 5.28. The number of hydrogen-bond acceptors (Lipinski definition) is 4. The summed E-state index contributed by atoms with van der Waals surface area (Å²) in [6.45, 7) is 12.1. The number of ether oxygens (including phenoxy) is 2. The molecular formula is C14H34N2O3. The van der Waals surface area contributed by atoms with E-state index in [9.17, 15) is 4.79 Å². The van der Waals surface area contributed by atoms with Gasteiger partial charge in [-0.2, -0.15) is 0 Å². The molecular weight excluding hydrogens is 244 g/mol. The largest absolute Gasteiger partial charge is 0.378 e. The third kappa shape index (κ3) is 15.3. The summed E-state index contributed by atoms with van der Waals surface area (Å²) in [7, 11) is 0. The Balaban J connectivity index is -0.00000162. The van der Waals surface area contributed by atoms with E-state index in [1.165, 1.54) is 0 Å². The molecule has 19 heavy (non-hydrogen) atoms. The van der Waals surface area contributed by atoms with Gasteiger partial charge in [0.1, 0.15) is 0 Å². The van der Waals surface area contributed by atoms with Gasteiger partial charge in [-0.15, -0.1) is 0 Å². The van der Waals surface area contributed by atoms with Crippen molar-refractivity contribution in [1.82, 2.24) is 10.6 Å². The molecule has 5 nitrogen and oxygen atoms in total. The first-order valence-corrected chi connectivity index (χ1v) is 7.18. The van der Waals surface area contributed by atoms with Crippen LogP contribution in [0.25, 0.3) is 0 Å². The highest BCUT2D eigenvalue weighted by Crippen LogP contribution is 1.97. The van der Waals surface area contributed by atoms with E-state index in [1.807, 2.05) is 13.8 Å². The Kier molecular flexibility index (Phi) is 12.0. The Hall–Kier alpha value is -0.650. The van der Waals surface area contributed by atoms with Crippen LogP contribution in [-0.2, 0) is 14.3 Å². The summed E-state index contributed by atoms with van der Waals surface area (Å²) >= 11 is 0. The Morgan fingerprint density at radius 3 is 2.11 bits per heavy atom. The summed E-state index contributed by atoms with van der Waals surface area (Å²) in [4.78, 5) is 11.3. The van der Waals surface area contributed by atoms with Crippen molar-refractivity contribution in [3.63, 3.8) is 0 Å². The molecule has 0 aliphatic rings. The average Bonchev–Trinajstić information content (AvgIpc) is 2.30. The van der Waals surface area contributed by atoms with Crippen LogP contribution in [0.1, 0.15) is 37.0 Å². The maximum Gasteiger partial charge on any atom is 0.220 e. The van der Waals surface area contributed by atoms with E-state index in [1.54, 1.807) is 0 Å². The van der Waals surface area contributed by atoms with Gasteiger partial charge in [0.15, 0.2) is 0 Å². The van der Waals surface area contributed by atoms with Crippen molar-refractivity contribution in [2.75, 3.05) is 39.5 Å². The van der Waals surface area contributed by atoms with Gasteiger partial charge in [0, 0.05) is 28.4 Å². The van der Waals surface area contributed by atoms with Gasteiger partial charge in [0.2, 0.25) is 5.91 Å². The molecule has 0 spiro atoms. The maximum atomic E-state index is 11.3. The SMILES string of the molecule is CC(C)CC(=O)NCCOCCOCCNC(C)C.[HH].[HH]. The monoisotopic (exact) mass is 278 g/mol. The van der Waals surface area contributed by atoms with Crippen LogP contribution in [0.15, 0.2) is 0 Å². The zero-order valence-corrected chi connectivity index (χ0v) is 12.8. The smallest absolute Gasteiger partial charge is 0.220 e. The molecule has 0 saturated carbocycles. The zero-order chi connectivity index (χ0) is 14.5. The van der Waals surface area contributed by atoms with Crippen LogP contribution in [0, 0.1) is 5.92 Å². The lowest BCUT2D eigenvalue weighted by atomic mass is 10.1. The molecule has 0 saturated heterocycles. The molecule has 0 heterocycles. The first-order chi connectivity index (χ1) is 9.02. The Bertz CT molecular complexity index is 230. The molecule has 0 aromatic rings. The minimum atomic E-state index is 0. The number of nitrogens with one attached hydrogen (secondary N) is 2. The van der Waals surface area contributed by atoms with Crippen molar-refractivity contribution in [2.24, 2.45) is 5.92 Å². The van der Waals surface area contributed by atoms with Gasteiger partial charge in [-0.05, 0) is 5.92 Å². The van der Waals surface area contributed by atoms with Crippen LogP contribution in [0.3, 0.4) is 0 Å². The van der Waals surface area contributed by atoms with Crippen LogP contribution in [0.4, 0.5) is 0 Å². The summed E-state index contributed by atoms with van der Waals surface area (Å²) in [5.74, 6) is 0.489. The van der Waals surface area contributed by atoms with Gasteiger partial charge in [-0.1, -0.05) is 27.7 Å². The van der Waals surface area contributed by atoms with E-state index in [0.717, 1.165) is 6.54 Å². The number of carbonyl (C=O) groups is 1. The quantitative estimate of drug-likeness (QED) is 0.533. The Labute approximate surface area is 120 Å². The van der Waals surface area contributed by atoms with Crippen LogP contribution in [0.2, 0.25) is 0 Å². The second-order valence-corrected chi connectivity index (χ2v) is 5.28. The molecule has 0 rings (SSSR count).